The number of hydrogen-bond donors (Lipinski definition) is 1. The second kappa shape index (κ2) is 8.12. The molecule has 0 unspecified atom stereocenters. The molecule has 0 radical (unpaired) electrons. The van der Waals surface area contributed by atoms with Crippen molar-refractivity contribution in [1.29, 1.82) is 0 Å². The Balaban J connectivity index is 1.35. The van der Waals surface area contributed by atoms with Gasteiger partial charge in [0.15, 0.2) is 23.0 Å². The molecule has 1 atom stereocenters. The second-order valence-corrected chi connectivity index (χ2v) is 6.32. The molecule has 0 aromatic heterocycles. The number of benzene rings is 2. The fraction of sp³-hybridized carbons (Fsp3) is 0.286. The largest absolute Gasteiger partial charge is 0.493 e. The molecule has 2 aliphatic rings. The molecule has 2 aliphatic heterocycles. The highest BCUT2D eigenvalue weighted by molar-refractivity contribution is 5.91. The minimum Gasteiger partial charge on any atom is -0.493 e. The predicted octanol–water partition coefficient (Wildman–Crippen LogP) is 2.44. The Hall–Kier alpha value is -3.35. The Morgan fingerprint density at radius 1 is 1.14 bits per heavy atom. The Morgan fingerprint density at radius 2 is 1.96 bits per heavy atom. The average molecular weight is 383 g/mol. The number of amides is 1. The maximum absolute atomic E-state index is 12.2. The maximum atomic E-state index is 12.2. The van der Waals surface area contributed by atoms with Gasteiger partial charge in [0.1, 0.15) is 25.9 Å². The van der Waals surface area contributed by atoms with Crippen molar-refractivity contribution in [3.63, 3.8) is 0 Å². The van der Waals surface area contributed by atoms with Gasteiger partial charge < -0.3 is 29.0 Å². The first kappa shape index (κ1) is 18.0. The van der Waals surface area contributed by atoms with Gasteiger partial charge in [-0.15, -0.1) is 0 Å². The molecule has 7 heteroatoms. The minimum absolute atomic E-state index is 0.226. The first-order valence-corrected chi connectivity index (χ1v) is 9.05. The maximum Gasteiger partial charge on any atom is 0.244 e. The van der Waals surface area contributed by atoms with E-state index in [-0.39, 0.29) is 12.0 Å². The van der Waals surface area contributed by atoms with E-state index in [2.05, 4.69) is 5.32 Å². The van der Waals surface area contributed by atoms with Gasteiger partial charge in [-0.3, -0.25) is 4.79 Å². The van der Waals surface area contributed by atoms with Crippen LogP contribution < -0.4 is 29.0 Å². The highest BCUT2D eigenvalue weighted by atomic mass is 16.6. The van der Waals surface area contributed by atoms with Crippen molar-refractivity contribution in [2.24, 2.45) is 0 Å². The Bertz CT molecular complexity index is 877. The van der Waals surface area contributed by atoms with Crippen LogP contribution in [-0.2, 0) is 4.79 Å². The molecule has 0 bridgehead atoms. The van der Waals surface area contributed by atoms with Crippen molar-refractivity contribution in [2.45, 2.75) is 6.10 Å². The molecule has 2 heterocycles. The summed E-state index contributed by atoms with van der Waals surface area (Å²) in [5.41, 5.74) is 0.780. The van der Waals surface area contributed by atoms with E-state index in [1.54, 1.807) is 19.3 Å². The number of methoxy groups -OCH3 is 1. The minimum atomic E-state index is -0.235. The monoisotopic (exact) mass is 383 g/mol. The molecule has 1 amide bonds. The summed E-state index contributed by atoms with van der Waals surface area (Å²) < 4.78 is 28.0. The summed E-state index contributed by atoms with van der Waals surface area (Å²) in [5.74, 6) is 2.95. The van der Waals surface area contributed by atoms with E-state index >= 15 is 0 Å². The van der Waals surface area contributed by atoms with E-state index in [1.807, 2.05) is 30.3 Å². The van der Waals surface area contributed by atoms with Crippen LogP contribution in [0.15, 0.2) is 42.5 Å². The lowest BCUT2D eigenvalue weighted by Crippen LogP contribution is -2.40. The van der Waals surface area contributed by atoms with Crippen molar-refractivity contribution >= 4 is 12.0 Å². The molecule has 2 aromatic rings. The molecule has 28 heavy (non-hydrogen) atoms. The molecule has 2 aromatic carbocycles. The molecular formula is C21H21NO6. The molecule has 0 aliphatic carbocycles. The summed E-state index contributed by atoms with van der Waals surface area (Å²) in [6.45, 7) is 1.71. The summed E-state index contributed by atoms with van der Waals surface area (Å²) in [6, 6.07) is 11.1. The van der Waals surface area contributed by atoms with Crippen LogP contribution >= 0.6 is 0 Å². The lowest BCUT2D eigenvalue weighted by atomic mass is 10.1. The highest BCUT2D eigenvalue weighted by Crippen LogP contribution is 2.40. The third-order valence-electron chi connectivity index (χ3n) is 4.35. The van der Waals surface area contributed by atoms with Crippen LogP contribution in [-0.4, -0.2) is 45.5 Å². The van der Waals surface area contributed by atoms with Gasteiger partial charge in [-0.25, -0.2) is 0 Å². The molecule has 146 valence electrons. The molecule has 4 rings (SSSR count). The van der Waals surface area contributed by atoms with Crippen LogP contribution in [0, 0.1) is 0 Å². The lowest BCUT2D eigenvalue weighted by molar-refractivity contribution is -0.116. The Labute approximate surface area is 162 Å². The van der Waals surface area contributed by atoms with Crippen LogP contribution in [0.2, 0.25) is 0 Å². The zero-order valence-electron chi connectivity index (χ0n) is 15.5. The summed E-state index contributed by atoms with van der Waals surface area (Å²) in [4.78, 5) is 12.2. The van der Waals surface area contributed by atoms with Crippen LogP contribution in [0.1, 0.15) is 5.56 Å². The van der Waals surface area contributed by atoms with Gasteiger partial charge >= 0.3 is 0 Å². The molecule has 0 spiro atoms. The number of rotatable bonds is 5. The summed E-state index contributed by atoms with van der Waals surface area (Å²) >= 11 is 0. The van der Waals surface area contributed by atoms with Crippen LogP contribution in [0.3, 0.4) is 0 Å². The first-order chi connectivity index (χ1) is 13.7. The third kappa shape index (κ3) is 3.98. The molecule has 0 saturated carbocycles. The van der Waals surface area contributed by atoms with Gasteiger partial charge in [0.05, 0.1) is 13.7 Å². The van der Waals surface area contributed by atoms with Gasteiger partial charge in [0.25, 0.3) is 0 Å². The van der Waals surface area contributed by atoms with E-state index in [0.29, 0.717) is 49.4 Å². The van der Waals surface area contributed by atoms with E-state index in [0.717, 1.165) is 11.3 Å². The predicted molar refractivity (Wildman–Crippen MR) is 102 cm³/mol. The Kier molecular flexibility index (Phi) is 5.23. The number of fused-ring (bicyclic) bond motifs is 2. The standard InChI is InChI=1S/C21H21NO6/c1-24-18-10-14(11-19-21(18)26-9-8-25-19)6-7-20(23)22-12-15-13-27-16-4-2-3-5-17(16)28-15/h2-7,10-11,15H,8-9,12-13H2,1H3,(H,22,23)/b7-6+/t15-/m1/s1. The van der Waals surface area contributed by atoms with E-state index < -0.39 is 0 Å². The highest BCUT2D eigenvalue weighted by Gasteiger charge is 2.21. The van der Waals surface area contributed by atoms with Gasteiger partial charge in [0.2, 0.25) is 11.7 Å². The fourth-order valence-electron chi connectivity index (χ4n) is 3.00. The average Bonchev–Trinajstić information content (AvgIpc) is 2.75. The molecule has 0 saturated heterocycles. The summed E-state index contributed by atoms with van der Waals surface area (Å²) in [5, 5.41) is 2.83. The molecule has 0 fully saturated rings. The van der Waals surface area contributed by atoms with Gasteiger partial charge in [-0.2, -0.15) is 0 Å². The van der Waals surface area contributed by atoms with Crippen molar-refractivity contribution in [1.82, 2.24) is 5.32 Å². The molecule has 7 nitrogen and oxygen atoms in total. The van der Waals surface area contributed by atoms with E-state index in [9.17, 15) is 4.79 Å². The van der Waals surface area contributed by atoms with Gasteiger partial charge in [-0.1, -0.05) is 12.1 Å². The normalized spacial score (nSPS) is 17.2. The SMILES string of the molecule is COc1cc(/C=C/C(=O)NC[C@@H]2COc3ccccc3O2)cc2c1OCCO2. The number of carbonyl (C=O) groups is 1. The van der Waals surface area contributed by atoms with E-state index in [1.165, 1.54) is 6.08 Å². The van der Waals surface area contributed by atoms with E-state index in [4.69, 9.17) is 23.7 Å². The van der Waals surface area contributed by atoms with Crippen molar-refractivity contribution < 1.29 is 28.5 Å². The number of nitrogens with one attached hydrogen (secondary N) is 1. The zero-order chi connectivity index (χ0) is 19.3. The van der Waals surface area contributed by atoms with Crippen LogP contribution in [0.5, 0.6) is 28.7 Å². The topological polar surface area (TPSA) is 75.3 Å². The number of para-hydroxylation sites is 2. The van der Waals surface area contributed by atoms with Crippen molar-refractivity contribution in [3.8, 4) is 28.7 Å². The first-order valence-electron chi connectivity index (χ1n) is 9.05. The fourth-order valence-corrected chi connectivity index (χ4v) is 3.00. The van der Waals surface area contributed by atoms with Gasteiger partial charge in [-0.05, 0) is 35.9 Å². The van der Waals surface area contributed by atoms with Crippen molar-refractivity contribution in [2.75, 3.05) is 33.5 Å². The van der Waals surface area contributed by atoms with Crippen LogP contribution in [0.25, 0.3) is 6.08 Å². The number of ether oxygens (including phenoxy) is 5. The molecular weight excluding hydrogens is 362 g/mol. The smallest absolute Gasteiger partial charge is 0.244 e. The van der Waals surface area contributed by atoms with Gasteiger partial charge in [0, 0.05) is 6.08 Å². The van der Waals surface area contributed by atoms with Crippen LogP contribution in [0.4, 0.5) is 0 Å². The third-order valence-corrected chi connectivity index (χ3v) is 4.35. The number of hydrogen-bond acceptors (Lipinski definition) is 6. The zero-order valence-corrected chi connectivity index (χ0v) is 15.5. The summed E-state index contributed by atoms with van der Waals surface area (Å²) in [6.07, 6.45) is 2.92. The quantitative estimate of drug-likeness (QED) is 0.800. The number of carbonyl (C=O) groups excluding carboxylic acids is 1. The molecule has 1 N–H and O–H groups in total. The summed E-state index contributed by atoms with van der Waals surface area (Å²) in [7, 11) is 1.57. The second-order valence-electron chi connectivity index (χ2n) is 6.32. The van der Waals surface area contributed by atoms with Crippen molar-refractivity contribution in [3.05, 3.63) is 48.0 Å². The Morgan fingerprint density at radius 3 is 2.82 bits per heavy atom. The lowest BCUT2D eigenvalue weighted by Gasteiger charge is -2.26.